The van der Waals surface area contributed by atoms with Crippen molar-refractivity contribution in [2.45, 2.75) is 26.7 Å². The fraction of sp³-hybridized carbons (Fsp3) is 0.133. The molecule has 4 aromatic rings. The molecule has 0 amide bonds. The molecule has 4 rings (SSSR count). The van der Waals surface area contributed by atoms with Gasteiger partial charge >= 0.3 is 0 Å². The molecule has 0 heterocycles. The monoisotopic (exact) mass is 456 g/mol. The SMILES string of the molecule is CC(=O)Cl.CC(=O)c1ccc(Cc2ccccc2)cc1.c1ccc(Cc2ccccc2)cc1. The summed E-state index contributed by atoms with van der Waals surface area (Å²) in [7, 11) is 0. The van der Waals surface area contributed by atoms with Crippen molar-refractivity contribution in [1.82, 2.24) is 0 Å². The first-order chi connectivity index (χ1) is 15.9. The van der Waals surface area contributed by atoms with Gasteiger partial charge in [-0.3, -0.25) is 9.59 Å². The molecule has 168 valence electrons. The van der Waals surface area contributed by atoms with Gasteiger partial charge in [-0.05, 0) is 53.6 Å². The van der Waals surface area contributed by atoms with Crippen LogP contribution >= 0.6 is 11.6 Å². The second-order valence-corrected chi connectivity index (χ2v) is 8.07. The summed E-state index contributed by atoms with van der Waals surface area (Å²) in [5.74, 6) is 0.117. The fourth-order valence-electron chi connectivity index (χ4n) is 3.12. The Balaban J connectivity index is 0.000000204. The summed E-state index contributed by atoms with van der Waals surface area (Å²) in [6.45, 7) is 2.88. The van der Waals surface area contributed by atoms with Crippen LogP contribution in [0.15, 0.2) is 115 Å². The number of benzene rings is 4. The van der Waals surface area contributed by atoms with Gasteiger partial charge in [-0.2, -0.15) is 0 Å². The van der Waals surface area contributed by atoms with Crippen LogP contribution in [0.5, 0.6) is 0 Å². The lowest BCUT2D eigenvalue weighted by atomic mass is 10.0. The van der Waals surface area contributed by atoms with Crippen molar-refractivity contribution in [2.75, 3.05) is 0 Å². The van der Waals surface area contributed by atoms with E-state index in [0.717, 1.165) is 18.4 Å². The van der Waals surface area contributed by atoms with Gasteiger partial charge in [-0.1, -0.05) is 115 Å². The van der Waals surface area contributed by atoms with Gasteiger partial charge in [0.2, 0.25) is 5.24 Å². The average molecular weight is 457 g/mol. The van der Waals surface area contributed by atoms with E-state index in [1.54, 1.807) is 6.92 Å². The minimum absolute atomic E-state index is 0.117. The van der Waals surface area contributed by atoms with Crippen molar-refractivity contribution >= 4 is 22.6 Å². The molecule has 33 heavy (non-hydrogen) atoms. The first-order valence-electron chi connectivity index (χ1n) is 10.8. The number of ketones is 1. The number of carbonyl (C=O) groups is 2. The van der Waals surface area contributed by atoms with Crippen LogP contribution in [0.1, 0.15) is 46.5 Å². The van der Waals surface area contributed by atoms with Gasteiger partial charge in [0.25, 0.3) is 0 Å². The largest absolute Gasteiger partial charge is 0.295 e. The maximum absolute atomic E-state index is 11.1. The van der Waals surface area contributed by atoms with E-state index >= 15 is 0 Å². The van der Waals surface area contributed by atoms with Crippen molar-refractivity contribution in [3.8, 4) is 0 Å². The molecule has 0 N–H and O–H groups in total. The highest BCUT2D eigenvalue weighted by Gasteiger charge is 1.99. The van der Waals surface area contributed by atoms with Crippen LogP contribution in [0.25, 0.3) is 0 Å². The number of halogens is 1. The molecule has 0 radical (unpaired) electrons. The maximum Gasteiger partial charge on any atom is 0.218 e. The molecule has 0 atom stereocenters. The van der Waals surface area contributed by atoms with Crippen molar-refractivity contribution < 1.29 is 9.59 Å². The van der Waals surface area contributed by atoms with Crippen LogP contribution < -0.4 is 0 Å². The lowest BCUT2D eigenvalue weighted by molar-refractivity contribution is -0.109. The van der Waals surface area contributed by atoms with Gasteiger partial charge in [0.05, 0.1) is 0 Å². The maximum atomic E-state index is 11.1. The van der Waals surface area contributed by atoms with E-state index in [2.05, 4.69) is 84.4 Å². The number of hydrogen-bond acceptors (Lipinski definition) is 2. The molecule has 0 saturated carbocycles. The van der Waals surface area contributed by atoms with Crippen LogP contribution in [-0.4, -0.2) is 11.0 Å². The average Bonchev–Trinajstić information content (AvgIpc) is 2.82. The first-order valence-corrected chi connectivity index (χ1v) is 11.2. The van der Waals surface area contributed by atoms with Crippen LogP contribution in [-0.2, 0) is 17.6 Å². The smallest absolute Gasteiger partial charge is 0.218 e. The van der Waals surface area contributed by atoms with Gasteiger partial charge < -0.3 is 0 Å². The van der Waals surface area contributed by atoms with Crippen LogP contribution in [0.4, 0.5) is 0 Å². The predicted molar refractivity (Wildman–Crippen MR) is 138 cm³/mol. The van der Waals surface area contributed by atoms with Crippen molar-refractivity contribution in [3.05, 3.63) is 143 Å². The lowest BCUT2D eigenvalue weighted by Crippen LogP contribution is -1.93. The van der Waals surface area contributed by atoms with Crippen molar-refractivity contribution in [1.29, 1.82) is 0 Å². The number of Topliss-reactive ketones (excluding diaryl/α,β-unsaturated/α-hetero) is 1. The van der Waals surface area contributed by atoms with Gasteiger partial charge in [0.15, 0.2) is 5.78 Å². The van der Waals surface area contributed by atoms with Gasteiger partial charge in [0.1, 0.15) is 0 Å². The highest BCUT2D eigenvalue weighted by atomic mass is 35.5. The molecular weight excluding hydrogens is 428 g/mol. The highest BCUT2D eigenvalue weighted by Crippen LogP contribution is 2.11. The van der Waals surface area contributed by atoms with E-state index in [9.17, 15) is 9.59 Å². The standard InChI is InChI=1S/C15H14O.C13H12.C2H3ClO/c1-12(16)15-9-7-14(8-10-15)11-13-5-3-2-4-6-13;1-3-7-12(8-4-1)11-13-9-5-2-6-10-13;1-2(3)4/h2-10H,11H2,1H3;1-10H,11H2;1H3. The lowest BCUT2D eigenvalue weighted by Gasteiger charge is -2.02. The molecular formula is C30H29ClO2. The molecule has 3 heteroatoms. The molecule has 0 aliphatic heterocycles. The molecule has 2 nitrogen and oxygen atoms in total. The Morgan fingerprint density at radius 1 is 0.515 bits per heavy atom. The van der Waals surface area contributed by atoms with E-state index in [4.69, 9.17) is 0 Å². The zero-order valence-corrected chi connectivity index (χ0v) is 19.8. The number of rotatable bonds is 5. The summed E-state index contributed by atoms with van der Waals surface area (Å²) in [5, 5.41) is -0.361. The van der Waals surface area contributed by atoms with E-state index in [1.165, 1.54) is 29.2 Å². The summed E-state index contributed by atoms with van der Waals surface area (Å²) in [5.41, 5.74) is 6.04. The van der Waals surface area contributed by atoms with Crippen LogP contribution in [0, 0.1) is 0 Å². The Morgan fingerprint density at radius 2 is 0.788 bits per heavy atom. The van der Waals surface area contributed by atoms with Gasteiger partial charge in [-0.25, -0.2) is 0 Å². The van der Waals surface area contributed by atoms with Gasteiger partial charge in [0, 0.05) is 12.5 Å². The minimum Gasteiger partial charge on any atom is -0.295 e. The quantitative estimate of drug-likeness (QED) is 0.230. The molecule has 0 fully saturated rings. The predicted octanol–water partition coefficient (Wildman–Crippen LogP) is 7.53. The van der Waals surface area contributed by atoms with E-state index in [0.29, 0.717) is 0 Å². The molecule has 0 bridgehead atoms. The first kappa shape index (κ1) is 25.8. The number of carbonyl (C=O) groups excluding carboxylic acids is 2. The van der Waals surface area contributed by atoms with E-state index in [1.807, 2.05) is 42.5 Å². The molecule has 0 aliphatic rings. The zero-order valence-electron chi connectivity index (χ0n) is 19.1. The van der Waals surface area contributed by atoms with Crippen molar-refractivity contribution in [3.63, 3.8) is 0 Å². The third-order valence-electron chi connectivity index (χ3n) is 4.71. The second kappa shape index (κ2) is 14.5. The summed E-state index contributed by atoms with van der Waals surface area (Å²) in [6, 6.07) is 39.2. The topological polar surface area (TPSA) is 34.1 Å². The third kappa shape index (κ3) is 11.1. The van der Waals surface area contributed by atoms with Crippen molar-refractivity contribution in [2.24, 2.45) is 0 Å². The molecule has 0 aliphatic carbocycles. The highest BCUT2D eigenvalue weighted by molar-refractivity contribution is 6.62. The van der Waals surface area contributed by atoms with E-state index < -0.39 is 0 Å². The number of hydrogen-bond donors (Lipinski definition) is 0. The Labute approximate surface area is 201 Å². The molecule has 4 aromatic carbocycles. The summed E-state index contributed by atoms with van der Waals surface area (Å²) >= 11 is 4.64. The fourth-order valence-corrected chi connectivity index (χ4v) is 3.12. The molecule has 0 spiro atoms. The summed E-state index contributed by atoms with van der Waals surface area (Å²) in [4.78, 5) is 20.3. The van der Waals surface area contributed by atoms with Crippen LogP contribution in [0.3, 0.4) is 0 Å². The van der Waals surface area contributed by atoms with Crippen LogP contribution in [0.2, 0.25) is 0 Å². The minimum atomic E-state index is -0.361. The molecule has 0 unspecified atom stereocenters. The normalized spacial score (nSPS) is 9.55. The Kier molecular flexibility index (Phi) is 11.4. The molecule has 0 saturated heterocycles. The van der Waals surface area contributed by atoms with E-state index in [-0.39, 0.29) is 11.0 Å². The second-order valence-electron chi connectivity index (χ2n) is 7.53. The summed E-state index contributed by atoms with van der Waals surface area (Å²) in [6.07, 6.45) is 1.95. The van der Waals surface area contributed by atoms with Gasteiger partial charge in [-0.15, -0.1) is 0 Å². The summed E-state index contributed by atoms with van der Waals surface area (Å²) < 4.78 is 0. The Hall–Kier alpha value is -3.49. The molecule has 0 aromatic heterocycles. The Morgan fingerprint density at radius 3 is 1.06 bits per heavy atom. The third-order valence-corrected chi connectivity index (χ3v) is 4.71. The Bertz CT molecular complexity index is 1050. The zero-order chi connectivity index (χ0) is 23.9.